The van der Waals surface area contributed by atoms with Gasteiger partial charge in [0.05, 0.1) is 0 Å². The van der Waals surface area contributed by atoms with Gasteiger partial charge in [0.1, 0.15) is 11.9 Å². The molecule has 1 unspecified atom stereocenters. The summed E-state index contributed by atoms with van der Waals surface area (Å²) in [5, 5.41) is 10.2. The Hall–Kier alpha value is -2.46. The van der Waals surface area contributed by atoms with Crippen LogP contribution in [0.5, 0.6) is 0 Å². The van der Waals surface area contributed by atoms with E-state index in [0.29, 0.717) is 5.82 Å². The summed E-state index contributed by atoms with van der Waals surface area (Å²) in [5.41, 5.74) is 2.93. The van der Waals surface area contributed by atoms with Crippen LogP contribution in [0.1, 0.15) is 17.5 Å². The number of nitrogens with one attached hydrogen (secondary N) is 1. The van der Waals surface area contributed by atoms with Gasteiger partial charge in [0.25, 0.3) is 0 Å². The molecule has 0 bridgehead atoms. The summed E-state index contributed by atoms with van der Waals surface area (Å²) < 4.78 is 0. The molecule has 3 aromatic rings. The molecule has 0 amide bonds. The second-order valence-electron chi connectivity index (χ2n) is 4.24. The molecular formula is C15H13N3O. The van der Waals surface area contributed by atoms with Crippen LogP contribution in [0.4, 0.5) is 0 Å². The highest BCUT2D eigenvalue weighted by atomic mass is 16.3. The van der Waals surface area contributed by atoms with Gasteiger partial charge in [-0.3, -0.25) is 4.98 Å². The fourth-order valence-corrected chi connectivity index (χ4v) is 2.02. The highest BCUT2D eigenvalue weighted by Gasteiger charge is 2.13. The summed E-state index contributed by atoms with van der Waals surface area (Å²) in [6.45, 7) is 0. The largest absolute Gasteiger partial charge is 0.380 e. The summed E-state index contributed by atoms with van der Waals surface area (Å²) >= 11 is 0. The lowest BCUT2D eigenvalue weighted by molar-refractivity contribution is 0.211. The van der Waals surface area contributed by atoms with Crippen LogP contribution in [0.2, 0.25) is 0 Å². The number of pyridine rings is 1. The van der Waals surface area contributed by atoms with Crippen molar-refractivity contribution in [3.05, 3.63) is 72.6 Å². The zero-order valence-corrected chi connectivity index (χ0v) is 10.2. The Balaban J connectivity index is 1.97. The molecule has 1 atom stereocenters. The third-order valence-corrected chi connectivity index (χ3v) is 2.99. The van der Waals surface area contributed by atoms with Crippen LogP contribution in [0, 0.1) is 0 Å². The minimum absolute atomic E-state index is 0.548. The van der Waals surface area contributed by atoms with E-state index in [9.17, 15) is 5.11 Å². The highest BCUT2D eigenvalue weighted by molar-refractivity contribution is 5.63. The lowest BCUT2D eigenvalue weighted by atomic mass is 10.0. The van der Waals surface area contributed by atoms with Gasteiger partial charge in [-0.1, -0.05) is 18.2 Å². The van der Waals surface area contributed by atoms with Gasteiger partial charge in [-0.2, -0.15) is 0 Å². The Morgan fingerprint density at radius 2 is 1.84 bits per heavy atom. The first-order valence-electron chi connectivity index (χ1n) is 6.02. The SMILES string of the molecule is OC(c1cccc(-c2ccncc2)c1)c1ncc[nH]1. The first kappa shape index (κ1) is 11.6. The molecule has 0 radical (unpaired) electrons. The number of hydrogen-bond acceptors (Lipinski definition) is 3. The number of aliphatic hydroxyl groups is 1. The molecule has 2 N–H and O–H groups in total. The highest BCUT2D eigenvalue weighted by Crippen LogP contribution is 2.24. The van der Waals surface area contributed by atoms with Crippen LogP contribution in [0.3, 0.4) is 0 Å². The quantitative estimate of drug-likeness (QED) is 0.752. The molecule has 1 aromatic carbocycles. The van der Waals surface area contributed by atoms with Gasteiger partial charge in [-0.05, 0) is 34.9 Å². The van der Waals surface area contributed by atoms with Crippen LogP contribution in [0.25, 0.3) is 11.1 Å². The van der Waals surface area contributed by atoms with E-state index < -0.39 is 6.10 Å². The maximum Gasteiger partial charge on any atom is 0.139 e. The average Bonchev–Trinajstić information content (AvgIpc) is 3.02. The molecule has 4 nitrogen and oxygen atoms in total. The molecule has 0 aliphatic carbocycles. The topological polar surface area (TPSA) is 61.8 Å². The smallest absolute Gasteiger partial charge is 0.139 e. The molecular weight excluding hydrogens is 238 g/mol. The van der Waals surface area contributed by atoms with Crippen molar-refractivity contribution in [2.75, 3.05) is 0 Å². The van der Waals surface area contributed by atoms with Crippen molar-refractivity contribution < 1.29 is 5.11 Å². The normalized spacial score (nSPS) is 12.3. The van der Waals surface area contributed by atoms with Crippen molar-refractivity contribution in [2.24, 2.45) is 0 Å². The van der Waals surface area contributed by atoms with Crippen LogP contribution in [-0.4, -0.2) is 20.1 Å². The lowest BCUT2D eigenvalue weighted by Crippen LogP contribution is -2.01. The molecule has 0 aliphatic heterocycles. The van der Waals surface area contributed by atoms with Gasteiger partial charge in [-0.15, -0.1) is 0 Å². The number of hydrogen-bond donors (Lipinski definition) is 2. The molecule has 3 rings (SSSR count). The number of aromatic nitrogens is 3. The van der Waals surface area contributed by atoms with E-state index >= 15 is 0 Å². The predicted octanol–water partition coefficient (Wildman–Crippen LogP) is 2.55. The van der Waals surface area contributed by atoms with E-state index in [4.69, 9.17) is 0 Å². The molecule has 4 heteroatoms. The summed E-state index contributed by atoms with van der Waals surface area (Å²) in [4.78, 5) is 11.0. The van der Waals surface area contributed by atoms with Crippen molar-refractivity contribution in [1.82, 2.24) is 15.0 Å². The van der Waals surface area contributed by atoms with Crippen molar-refractivity contribution in [1.29, 1.82) is 0 Å². The van der Waals surface area contributed by atoms with Gasteiger partial charge in [0.15, 0.2) is 0 Å². The Kier molecular flexibility index (Phi) is 3.08. The maximum absolute atomic E-state index is 10.2. The van der Waals surface area contributed by atoms with Crippen LogP contribution in [0.15, 0.2) is 61.2 Å². The number of imidazole rings is 1. The molecule has 0 aliphatic rings. The van der Waals surface area contributed by atoms with Gasteiger partial charge in [0.2, 0.25) is 0 Å². The third-order valence-electron chi connectivity index (χ3n) is 2.99. The predicted molar refractivity (Wildman–Crippen MR) is 72.3 cm³/mol. The number of aromatic amines is 1. The Morgan fingerprint density at radius 1 is 1.00 bits per heavy atom. The van der Waals surface area contributed by atoms with E-state index in [2.05, 4.69) is 15.0 Å². The van der Waals surface area contributed by atoms with Gasteiger partial charge >= 0.3 is 0 Å². The molecule has 0 saturated carbocycles. The first-order chi connectivity index (χ1) is 9.34. The number of H-pyrrole nitrogens is 1. The average molecular weight is 251 g/mol. The van der Waals surface area contributed by atoms with Crippen LogP contribution >= 0.6 is 0 Å². The summed E-state index contributed by atoms with van der Waals surface area (Å²) in [7, 11) is 0. The van der Waals surface area contributed by atoms with Crippen LogP contribution < -0.4 is 0 Å². The monoisotopic (exact) mass is 251 g/mol. The van der Waals surface area contributed by atoms with E-state index in [1.54, 1.807) is 24.8 Å². The molecule has 0 spiro atoms. The summed E-state index contributed by atoms with van der Waals surface area (Å²) in [6, 6.07) is 11.7. The minimum atomic E-state index is -0.739. The van der Waals surface area contributed by atoms with Gasteiger partial charge < -0.3 is 10.1 Å². The Bertz CT molecular complexity index is 650. The molecule has 2 heterocycles. The molecule has 19 heavy (non-hydrogen) atoms. The van der Waals surface area contributed by atoms with Crippen LogP contribution in [-0.2, 0) is 0 Å². The fraction of sp³-hybridized carbons (Fsp3) is 0.0667. The number of nitrogens with zero attached hydrogens (tertiary/aromatic N) is 2. The molecule has 0 fully saturated rings. The lowest BCUT2D eigenvalue weighted by Gasteiger charge is -2.10. The van der Waals surface area contributed by atoms with Gasteiger partial charge in [-0.25, -0.2) is 4.98 Å². The van der Waals surface area contributed by atoms with Crippen molar-refractivity contribution in [3.8, 4) is 11.1 Å². The van der Waals surface area contributed by atoms with E-state index in [0.717, 1.165) is 16.7 Å². The number of aliphatic hydroxyl groups excluding tert-OH is 1. The second-order valence-corrected chi connectivity index (χ2v) is 4.24. The van der Waals surface area contributed by atoms with E-state index in [1.165, 1.54) is 0 Å². The fourth-order valence-electron chi connectivity index (χ4n) is 2.02. The Morgan fingerprint density at radius 3 is 2.58 bits per heavy atom. The Labute approximate surface area is 110 Å². The van der Waals surface area contributed by atoms with E-state index in [1.807, 2.05) is 36.4 Å². The third kappa shape index (κ3) is 2.39. The number of rotatable bonds is 3. The minimum Gasteiger partial charge on any atom is -0.380 e. The van der Waals surface area contributed by atoms with Gasteiger partial charge in [0, 0.05) is 24.8 Å². The summed E-state index contributed by atoms with van der Waals surface area (Å²) in [5.74, 6) is 0.548. The molecule has 2 aromatic heterocycles. The van der Waals surface area contributed by atoms with Crippen molar-refractivity contribution in [3.63, 3.8) is 0 Å². The number of benzene rings is 1. The zero-order valence-electron chi connectivity index (χ0n) is 10.2. The molecule has 94 valence electrons. The zero-order chi connectivity index (χ0) is 13.1. The summed E-state index contributed by atoms with van der Waals surface area (Å²) in [6.07, 6.45) is 6.10. The standard InChI is InChI=1S/C15H13N3O/c19-14(15-17-8-9-18-15)13-3-1-2-12(10-13)11-4-6-16-7-5-11/h1-10,14,19H,(H,17,18). The molecule has 0 saturated heterocycles. The van der Waals surface area contributed by atoms with E-state index in [-0.39, 0.29) is 0 Å². The van der Waals surface area contributed by atoms with Crippen molar-refractivity contribution >= 4 is 0 Å². The maximum atomic E-state index is 10.2. The first-order valence-corrected chi connectivity index (χ1v) is 6.02. The second kappa shape index (κ2) is 5.04. The van der Waals surface area contributed by atoms with Crippen molar-refractivity contribution in [2.45, 2.75) is 6.10 Å².